The van der Waals surface area contributed by atoms with Crippen molar-refractivity contribution in [1.82, 2.24) is 15.5 Å². The first-order chi connectivity index (χ1) is 13.9. The van der Waals surface area contributed by atoms with Crippen molar-refractivity contribution < 1.29 is 18.7 Å². The van der Waals surface area contributed by atoms with Crippen LogP contribution in [0.4, 0.5) is 4.39 Å². The van der Waals surface area contributed by atoms with E-state index >= 15 is 0 Å². The summed E-state index contributed by atoms with van der Waals surface area (Å²) in [5.74, 6) is -0.477. The highest BCUT2D eigenvalue weighted by atomic mass is 35.5. The van der Waals surface area contributed by atoms with E-state index in [4.69, 9.17) is 16.3 Å². The van der Waals surface area contributed by atoms with Crippen molar-refractivity contribution in [2.24, 2.45) is 0 Å². The number of nitrogens with one attached hydrogen (secondary N) is 2. The maximum absolute atomic E-state index is 14.6. The summed E-state index contributed by atoms with van der Waals surface area (Å²) in [4.78, 5) is 25.2. The van der Waals surface area contributed by atoms with E-state index in [1.54, 1.807) is 12.1 Å². The number of benzene rings is 1. The molecule has 1 fully saturated rings. The Morgan fingerprint density at radius 2 is 2.10 bits per heavy atom. The van der Waals surface area contributed by atoms with Crippen molar-refractivity contribution in [3.05, 3.63) is 34.6 Å². The molecule has 2 atom stereocenters. The van der Waals surface area contributed by atoms with E-state index < -0.39 is 0 Å². The number of nitrogens with zero attached hydrogens (tertiary/aromatic N) is 1. The molecule has 0 spiro atoms. The van der Waals surface area contributed by atoms with Crippen LogP contribution in [0.2, 0.25) is 5.02 Å². The smallest absolute Gasteiger partial charge is 0.220 e. The molecule has 1 aliphatic rings. The Labute approximate surface area is 177 Å². The third kappa shape index (κ3) is 7.91. The molecule has 1 aliphatic heterocycles. The topological polar surface area (TPSA) is 70.7 Å². The summed E-state index contributed by atoms with van der Waals surface area (Å²) < 4.78 is 20.2. The average molecular weight is 428 g/mol. The zero-order valence-corrected chi connectivity index (χ0v) is 17.9. The molecule has 0 aliphatic carbocycles. The van der Waals surface area contributed by atoms with E-state index in [-0.39, 0.29) is 36.3 Å². The third-order valence-corrected chi connectivity index (χ3v) is 5.32. The van der Waals surface area contributed by atoms with Crippen molar-refractivity contribution in [1.29, 1.82) is 0 Å². The Morgan fingerprint density at radius 1 is 1.31 bits per heavy atom. The summed E-state index contributed by atoms with van der Waals surface area (Å²) >= 11 is 6.31. The molecule has 0 radical (unpaired) electrons. The number of rotatable bonds is 10. The first-order valence-electron chi connectivity index (χ1n) is 10.2. The van der Waals surface area contributed by atoms with Crippen molar-refractivity contribution in [2.75, 3.05) is 32.8 Å². The maximum Gasteiger partial charge on any atom is 0.220 e. The summed E-state index contributed by atoms with van der Waals surface area (Å²) in [6.07, 6.45) is 2.88. The number of unbranched alkanes of at least 4 members (excludes halogenated alkanes) is 2. The predicted octanol–water partition coefficient (Wildman–Crippen LogP) is 3.05. The molecule has 0 bridgehead atoms. The molecule has 1 saturated heterocycles. The summed E-state index contributed by atoms with van der Waals surface area (Å²) in [7, 11) is 0. The van der Waals surface area contributed by atoms with Crippen LogP contribution < -0.4 is 10.6 Å². The van der Waals surface area contributed by atoms with Gasteiger partial charge in [-0.05, 0) is 31.9 Å². The monoisotopic (exact) mass is 427 g/mol. The van der Waals surface area contributed by atoms with E-state index in [2.05, 4.69) is 15.5 Å². The van der Waals surface area contributed by atoms with Crippen LogP contribution in [0.3, 0.4) is 0 Å². The number of halogens is 2. The van der Waals surface area contributed by atoms with E-state index in [1.165, 1.54) is 13.0 Å². The van der Waals surface area contributed by atoms with Gasteiger partial charge in [0.1, 0.15) is 5.82 Å². The number of morpholine rings is 1. The zero-order chi connectivity index (χ0) is 21.2. The molecule has 0 saturated carbocycles. The van der Waals surface area contributed by atoms with E-state index in [1.807, 2.05) is 6.92 Å². The molecule has 2 N–H and O–H groups in total. The fourth-order valence-corrected chi connectivity index (χ4v) is 3.81. The number of carbonyl (C=O) groups excluding carboxylic acids is 2. The Kier molecular flexibility index (Phi) is 9.84. The fraction of sp³-hybridized carbons (Fsp3) is 0.619. The van der Waals surface area contributed by atoms with Gasteiger partial charge in [-0.15, -0.1) is 0 Å². The van der Waals surface area contributed by atoms with Crippen molar-refractivity contribution in [3.63, 3.8) is 0 Å². The quantitative estimate of drug-likeness (QED) is 0.563. The predicted molar refractivity (Wildman–Crippen MR) is 111 cm³/mol. The summed E-state index contributed by atoms with van der Waals surface area (Å²) in [5, 5.41) is 6.04. The molecule has 29 heavy (non-hydrogen) atoms. The Hall–Kier alpha value is -1.70. The molecule has 6 nitrogen and oxygen atoms in total. The number of amides is 2. The molecule has 2 rings (SSSR count). The first-order valence-corrected chi connectivity index (χ1v) is 10.6. The minimum atomic E-state index is -0.367. The van der Waals surface area contributed by atoms with Crippen LogP contribution in [0.25, 0.3) is 0 Å². The van der Waals surface area contributed by atoms with Gasteiger partial charge in [-0.25, -0.2) is 4.39 Å². The fourth-order valence-electron chi connectivity index (χ4n) is 3.52. The minimum Gasteiger partial charge on any atom is -0.376 e. The number of ether oxygens (including phenoxy) is 1. The standard InChI is InChI=1S/C21H31ClFN3O3/c1-15-14-26(11-12-29-15)19(21-17(22)7-6-8-18(21)23)13-25-20(28)9-4-3-5-10-24-16(2)27/h6-8,15,19H,3-5,9-14H2,1-2H3,(H,24,27)(H,25,28)/t15-,19+/m0/s1. The van der Waals surface area contributed by atoms with Crippen LogP contribution in [-0.2, 0) is 14.3 Å². The van der Waals surface area contributed by atoms with Crippen LogP contribution in [0.15, 0.2) is 18.2 Å². The maximum atomic E-state index is 14.6. The molecule has 2 amide bonds. The minimum absolute atomic E-state index is 0.0381. The molecule has 8 heteroatoms. The van der Waals surface area contributed by atoms with Gasteiger partial charge in [0.25, 0.3) is 0 Å². The van der Waals surface area contributed by atoms with Gasteiger partial charge >= 0.3 is 0 Å². The number of hydrogen-bond donors (Lipinski definition) is 2. The van der Waals surface area contributed by atoms with Gasteiger partial charge < -0.3 is 15.4 Å². The van der Waals surface area contributed by atoms with Gasteiger partial charge in [-0.3, -0.25) is 14.5 Å². The van der Waals surface area contributed by atoms with Gasteiger partial charge in [0, 0.05) is 50.1 Å². The van der Waals surface area contributed by atoms with Crippen LogP contribution in [0, 0.1) is 5.82 Å². The molecule has 1 aromatic carbocycles. The van der Waals surface area contributed by atoms with Crippen LogP contribution in [-0.4, -0.2) is 55.6 Å². The second-order valence-electron chi connectivity index (χ2n) is 7.43. The van der Waals surface area contributed by atoms with Crippen molar-refractivity contribution in [2.45, 2.75) is 51.7 Å². The highest BCUT2D eigenvalue weighted by Gasteiger charge is 2.29. The van der Waals surface area contributed by atoms with Gasteiger partial charge in [0.15, 0.2) is 0 Å². The SMILES string of the molecule is CC(=O)NCCCCCC(=O)NC[C@H](c1c(F)cccc1Cl)N1CCO[C@@H](C)C1. The molecular weight excluding hydrogens is 397 g/mol. The molecule has 0 unspecified atom stereocenters. The second-order valence-corrected chi connectivity index (χ2v) is 7.83. The zero-order valence-electron chi connectivity index (χ0n) is 17.2. The highest BCUT2D eigenvalue weighted by molar-refractivity contribution is 6.31. The van der Waals surface area contributed by atoms with Crippen LogP contribution in [0.5, 0.6) is 0 Å². The van der Waals surface area contributed by atoms with Crippen molar-refractivity contribution in [3.8, 4) is 0 Å². The third-order valence-electron chi connectivity index (χ3n) is 4.99. The second kappa shape index (κ2) is 12.1. The van der Waals surface area contributed by atoms with Gasteiger partial charge in [0.05, 0.1) is 18.8 Å². The van der Waals surface area contributed by atoms with E-state index in [0.29, 0.717) is 43.2 Å². The number of carbonyl (C=O) groups is 2. The lowest BCUT2D eigenvalue weighted by atomic mass is 10.0. The van der Waals surface area contributed by atoms with Crippen molar-refractivity contribution >= 4 is 23.4 Å². The summed E-state index contributed by atoms with van der Waals surface area (Å²) in [6.45, 7) is 6.24. The molecule has 0 aromatic heterocycles. The Morgan fingerprint density at radius 3 is 2.79 bits per heavy atom. The normalized spacial score (nSPS) is 18.3. The first kappa shape index (κ1) is 23.6. The van der Waals surface area contributed by atoms with Crippen LogP contribution >= 0.6 is 11.6 Å². The average Bonchev–Trinajstić information content (AvgIpc) is 2.66. The molecular formula is C21H31ClFN3O3. The molecule has 162 valence electrons. The number of hydrogen-bond acceptors (Lipinski definition) is 4. The largest absolute Gasteiger partial charge is 0.376 e. The van der Waals surface area contributed by atoms with Gasteiger partial charge in [-0.1, -0.05) is 24.1 Å². The lowest BCUT2D eigenvalue weighted by Gasteiger charge is -2.38. The van der Waals surface area contributed by atoms with Gasteiger partial charge in [0.2, 0.25) is 11.8 Å². The summed E-state index contributed by atoms with van der Waals surface area (Å²) in [6, 6.07) is 4.31. The highest BCUT2D eigenvalue weighted by Crippen LogP contribution is 2.31. The van der Waals surface area contributed by atoms with Gasteiger partial charge in [-0.2, -0.15) is 0 Å². The summed E-state index contributed by atoms with van der Waals surface area (Å²) in [5.41, 5.74) is 0.416. The van der Waals surface area contributed by atoms with Crippen LogP contribution in [0.1, 0.15) is 51.1 Å². The molecule has 1 heterocycles. The molecule has 1 aromatic rings. The lowest BCUT2D eigenvalue weighted by Crippen LogP contribution is -2.46. The van der Waals surface area contributed by atoms with E-state index in [9.17, 15) is 14.0 Å². The lowest BCUT2D eigenvalue weighted by molar-refractivity contribution is -0.122. The van der Waals surface area contributed by atoms with E-state index in [0.717, 1.165) is 19.3 Å². The Balaban J connectivity index is 1.91. The Bertz CT molecular complexity index is 669.